The Morgan fingerprint density at radius 3 is 2.94 bits per heavy atom. The normalized spacial score (nSPS) is 10.6. The number of benzene rings is 1. The number of fused-ring (bicyclic) bond motifs is 1. The first-order chi connectivity index (χ1) is 7.66. The van der Waals surface area contributed by atoms with Crippen LogP contribution in [-0.2, 0) is 11.2 Å². The summed E-state index contributed by atoms with van der Waals surface area (Å²) in [5, 5.41) is 9.16. The first kappa shape index (κ1) is 10.5. The van der Waals surface area contributed by atoms with Crippen LogP contribution in [0, 0.1) is 5.82 Å². The van der Waals surface area contributed by atoms with Crippen LogP contribution in [0.25, 0.3) is 10.9 Å². The van der Waals surface area contributed by atoms with Crippen LogP contribution in [0.5, 0.6) is 0 Å². The lowest BCUT2D eigenvalue weighted by Crippen LogP contribution is -2.00. The molecule has 4 nitrogen and oxygen atoms in total. The highest BCUT2D eigenvalue weighted by molar-refractivity contribution is 5.81. The zero-order valence-electron chi connectivity index (χ0n) is 8.35. The lowest BCUT2D eigenvalue weighted by molar-refractivity contribution is -0.136. The Labute approximate surface area is 90.8 Å². The molecule has 0 radical (unpaired) electrons. The molecule has 82 valence electrons. The number of aromatic nitrogens is 2. The van der Waals surface area contributed by atoms with E-state index >= 15 is 0 Å². The van der Waals surface area contributed by atoms with Crippen LogP contribution >= 0.6 is 0 Å². The molecule has 0 aliphatic heterocycles. The van der Waals surface area contributed by atoms with Gasteiger partial charge in [0.25, 0.3) is 0 Å². The molecule has 0 aliphatic rings. The Balaban J connectivity index is 2.43. The van der Waals surface area contributed by atoms with Crippen molar-refractivity contribution in [2.75, 3.05) is 0 Å². The van der Waals surface area contributed by atoms with Gasteiger partial charge in [-0.1, -0.05) is 0 Å². The third-order valence-corrected chi connectivity index (χ3v) is 2.26. The van der Waals surface area contributed by atoms with E-state index in [1.807, 2.05) is 0 Å². The van der Waals surface area contributed by atoms with Crippen molar-refractivity contribution in [3.05, 3.63) is 36.0 Å². The van der Waals surface area contributed by atoms with Gasteiger partial charge in [0.15, 0.2) is 0 Å². The summed E-state index contributed by atoms with van der Waals surface area (Å²) in [6.45, 7) is 0. The van der Waals surface area contributed by atoms with Crippen molar-refractivity contribution in [3.63, 3.8) is 0 Å². The standard InChI is InChI=1S/C11H9FN2O2/c12-7-1-2-9-8(5-7)10(14-6-13-9)3-4-11(15)16/h1-2,5-6H,3-4H2,(H,15,16). The molecule has 0 saturated carbocycles. The van der Waals surface area contributed by atoms with Gasteiger partial charge in [-0.25, -0.2) is 14.4 Å². The van der Waals surface area contributed by atoms with Gasteiger partial charge in [-0.05, 0) is 18.2 Å². The Morgan fingerprint density at radius 2 is 2.19 bits per heavy atom. The van der Waals surface area contributed by atoms with Gasteiger partial charge in [-0.2, -0.15) is 0 Å². The van der Waals surface area contributed by atoms with E-state index in [0.29, 0.717) is 16.6 Å². The van der Waals surface area contributed by atoms with Crippen LogP contribution in [-0.4, -0.2) is 21.0 Å². The molecule has 0 saturated heterocycles. The monoisotopic (exact) mass is 220 g/mol. The second-order valence-corrected chi connectivity index (χ2v) is 3.38. The first-order valence-electron chi connectivity index (χ1n) is 4.78. The highest BCUT2D eigenvalue weighted by Gasteiger charge is 2.06. The smallest absolute Gasteiger partial charge is 0.303 e. The highest BCUT2D eigenvalue weighted by atomic mass is 19.1. The highest BCUT2D eigenvalue weighted by Crippen LogP contribution is 2.17. The number of carboxylic acid groups (broad SMARTS) is 1. The molecular weight excluding hydrogens is 211 g/mol. The largest absolute Gasteiger partial charge is 0.481 e. The van der Waals surface area contributed by atoms with E-state index in [-0.39, 0.29) is 18.7 Å². The third-order valence-electron chi connectivity index (χ3n) is 2.26. The fourth-order valence-electron chi connectivity index (χ4n) is 1.51. The van der Waals surface area contributed by atoms with Crippen LogP contribution in [0.2, 0.25) is 0 Å². The van der Waals surface area contributed by atoms with E-state index in [0.717, 1.165) is 0 Å². The Kier molecular flexibility index (Phi) is 2.76. The number of carboxylic acids is 1. The minimum absolute atomic E-state index is 0.0252. The second-order valence-electron chi connectivity index (χ2n) is 3.38. The number of halogens is 1. The van der Waals surface area contributed by atoms with Gasteiger partial charge in [0, 0.05) is 11.8 Å². The summed E-state index contributed by atoms with van der Waals surface area (Å²) in [5.74, 6) is -1.28. The van der Waals surface area contributed by atoms with Crippen molar-refractivity contribution in [3.8, 4) is 0 Å². The van der Waals surface area contributed by atoms with E-state index in [1.54, 1.807) is 6.07 Å². The lowest BCUT2D eigenvalue weighted by atomic mass is 10.1. The van der Waals surface area contributed by atoms with Gasteiger partial charge < -0.3 is 5.11 Å². The number of hydrogen-bond donors (Lipinski definition) is 1. The van der Waals surface area contributed by atoms with Crippen molar-refractivity contribution >= 4 is 16.9 Å². The van der Waals surface area contributed by atoms with Crippen LogP contribution in [0.4, 0.5) is 4.39 Å². The van der Waals surface area contributed by atoms with Gasteiger partial charge in [0.1, 0.15) is 12.1 Å². The molecule has 0 unspecified atom stereocenters. The van der Waals surface area contributed by atoms with Gasteiger partial charge in [0.05, 0.1) is 17.6 Å². The summed E-state index contributed by atoms with van der Waals surface area (Å²) in [7, 11) is 0. The number of aliphatic carboxylic acids is 1. The Bertz CT molecular complexity index is 542. The average molecular weight is 220 g/mol. The number of carbonyl (C=O) groups is 1. The third kappa shape index (κ3) is 2.13. The van der Waals surface area contributed by atoms with Crippen molar-refractivity contribution in [1.29, 1.82) is 0 Å². The van der Waals surface area contributed by atoms with Gasteiger partial charge in [0.2, 0.25) is 0 Å². The molecule has 0 atom stereocenters. The molecule has 2 rings (SSSR count). The van der Waals surface area contributed by atoms with Gasteiger partial charge in [-0.3, -0.25) is 4.79 Å². The number of hydrogen-bond acceptors (Lipinski definition) is 3. The predicted molar refractivity (Wildman–Crippen MR) is 55.5 cm³/mol. The zero-order chi connectivity index (χ0) is 11.5. The van der Waals surface area contributed by atoms with E-state index in [1.165, 1.54) is 18.5 Å². The van der Waals surface area contributed by atoms with Gasteiger partial charge in [-0.15, -0.1) is 0 Å². The Morgan fingerprint density at radius 1 is 1.38 bits per heavy atom. The fraction of sp³-hybridized carbons (Fsp3) is 0.182. The molecule has 0 bridgehead atoms. The molecule has 1 N–H and O–H groups in total. The van der Waals surface area contributed by atoms with E-state index in [2.05, 4.69) is 9.97 Å². The topological polar surface area (TPSA) is 63.1 Å². The maximum atomic E-state index is 13.0. The minimum atomic E-state index is -0.900. The molecule has 2 aromatic rings. The summed E-state index contributed by atoms with van der Waals surface area (Å²) >= 11 is 0. The molecule has 0 fully saturated rings. The number of aryl methyl sites for hydroxylation is 1. The molecule has 1 heterocycles. The van der Waals surface area contributed by atoms with E-state index < -0.39 is 5.97 Å². The molecule has 5 heteroatoms. The zero-order valence-corrected chi connectivity index (χ0v) is 8.35. The second kappa shape index (κ2) is 4.22. The molecule has 16 heavy (non-hydrogen) atoms. The van der Waals surface area contributed by atoms with E-state index in [4.69, 9.17) is 5.11 Å². The first-order valence-corrected chi connectivity index (χ1v) is 4.78. The summed E-state index contributed by atoms with van der Waals surface area (Å²) in [4.78, 5) is 18.4. The SMILES string of the molecule is O=C(O)CCc1ncnc2ccc(F)cc12. The summed E-state index contributed by atoms with van der Waals surface area (Å²) in [6.07, 6.45) is 1.61. The van der Waals surface area contributed by atoms with Crippen molar-refractivity contribution in [2.45, 2.75) is 12.8 Å². The molecule has 0 amide bonds. The summed E-state index contributed by atoms with van der Waals surface area (Å²) < 4.78 is 13.0. The van der Waals surface area contributed by atoms with E-state index in [9.17, 15) is 9.18 Å². The number of nitrogens with zero attached hydrogens (tertiary/aromatic N) is 2. The molecule has 1 aromatic heterocycles. The van der Waals surface area contributed by atoms with Crippen molar-refractivity contribution in [2.24, 2.45) is 0 Å². The molecule has 0 spiro atoms. The van der Waals surface area contributed by atoms with Gasteiger partial charge >= 0.3 is 5.97 Å². The van der Waals surface area contributed by atoms with Crippen LogP contribution in [0.1, 0.15) is 12.1 Å². The average Bonchev–Trinajstić information content (AvgIpc) is 2.26. The maximum absolute atomic E-state index is 13.0. The molecular formula is C11H9FN2O2. The quantitative estimate of drug-likeness (QED) is 0.856. The molecule has 1 aromatic carbocycles. The summed E-state index contributed by atoms with van der Waals surface area (Å²) in [6, 6.07) is 4.19. The predicted octanol–water partition coefficient (Wildman–Crippen LogP) is 1.79. The maximum Gasteiger partial charge on any atom is 0.303 e. The minimum Gasteiger partial charge on any atom is -0.481 e. The van der Waals surface area contributed by atoms with Crippen LogP contribution in [0.3, 0.4) is 0 Å². The fourth-order valence-corrected chi connectivity index (χ4v) is 1.51. The van der Waals surface area contributed by atoms with Crippen LogP contribution < -0.4 is 0 Å². The Hall–Kier alpha value is -2.04. The van der Waals surface area contributed by atoms with Crippen molar-refractivity contribution in [1.82, 2.24) is 9.97 Å². The van der Waals surface area contributed by atoms with Crippen molar-refractivity contribution < 1.29 is 14.3 Å². The molecule has 0 aliphatic carbocycles. The lowest BCUT2D eigenvalue weighted by Gasteiger charge is -2.03. The number of rotatable bonds is 3. The summed E-state index contributed by atoms with van der Waals surface area (Å²) in [5.41, 5.74) is 1.18. The van der Waals surface area contributed by atoms with Crippen LogP contribution in [0.15, 0.2) is 24.5 Å².